The number of nitro benzene ring substituents is 2. The van der Waals surface area contributed by atoms with E-state index in [0.29, 0.717) is 50.5 Å². The van der Waals surface area contributed by atoms with Crippen molar-refractivity contribution in [1.82, 2.24) is 4.31 Å². The zero-order valence-electron chi connectivity index (χ0n) is 22.6. The van der Waals surface area contributed by atoms with Crippen LogP contribution >= 0.6 is 0 Å². The molecule has 2 saturated heterocycles. The van der Waals surface area contributed by atoms with E-state index >= 15 is 0 Å². The van der Waals surface area contributed by atoms with E-state index in [1.165, 1.54) is 28.7 Å². The summed E-state index contributed by atoms with van der Waals surface area (Å²) in [6.07, 6.45) is 2.78. The number of sulfonamides is 1. The van der Waals surface area contributed by atoms with E-state index in [9.17, 15) is 28.6 Å². The van der Waals surface area contributed by atoms with Crippen molar-refractivity contribution < 1.29 is 23.0 Å². The van der Waals surface area contributed by atoms with Gasteiger partial charge in [0.05, 0.1) is 35.0 Å². The molecule has 2 aromatic carbocycles. The monoisotopic (exact) mass is 572 g/mol. The Kier molecular flexibility index (Phi) is 7.04. The highest BCUT2D eigenvalue weighted by Crippen LogP contribution is 2.60. The first-order valence-corrected chi connectivity index (χ1v) is 14.5. The fraction of sp³-hybridized carbons (Fsp3) is 0.500. The Hall–Kier alpha value is -3.62. The summed E-state index contributed by atoms with van der Waals surface area (Å²) in [6.45, 7) is 8.76. The molecule has 0 spiro atoms. The molecule has 2 heterocycles. The van der Waals surface area contributed by atoms with E-state index in [4.69, 9.17) is 4.74 Å². The molecule has 214 valence electrons. The number of anilines is 2. The van der Waals surface area contributed by atoms with Crippen LogP contribution in [0.3, 0.4) is 0 Å². The first kappa shape index (κ1) is 27.9. The van der Waals surface area contributed by atoms with Crippen LogP contribution in [0.1, 0.15) is 39.2 Å². The summed E-state index contributed by atoms with van der Waals surface area (Å²) >= 11 is 0. The summed E-state index contributed by atoms with van der Waals surface area (Å²) in [5, 5.41) is 27.4. The molecule has 1 aliphatic carbocycles. The summed E-state index contributed by atoms with van der Waals surface area (Å²) < 4.78 is 34.5. The van der Waals surface area contributed by atoms with Gasteiger partial charge in [-0.25, -0.2) is 8.42 Å². The lowest BCUT2D eigenvalue weighted by atomic mass is 9.69. The molecule has 0 amide bonds. The Labute approximate surface area is 232 Å². The molecule has 3 fully saturated rings. The topological polar surface area (TPSA) is 161 Å². The summed E-state index contributed by atoms with van der Waals surface area (Å²) in [5.41, 5.74) is 3.05. The van der Waals surface area contributed by atoms with Gasteiger partial charge in [-0.3, -0.25) is 25.7 Å². The van der Waals surface area contributed by atoms with E-state index in [0.717, 1.165) is 12.5 Å². The molecule has 14 heteroatoms. The quantitative estimate of drug-likeness (QED) is 0.280. The van der Waals surface area contributed by atoms with Crippen molar-refractivity contribution in [3.63, 3.8) is 0 Å². The molecule has 0 radical (unpaired) electrons. The first-order chi connectivity index (χ1) is 18.8. The van der Waals surface area contributed by atoms with Crippen LogP contribution < -0.4 is 10.3 Å². The van der Waals surface area contributed by atoms with Gasteiger partial charge in [-0.15, -0.1) is 0 Å². The number of nitro groups is 2. The fourth-order valence-electron chi connectivity index (χ4n) is 6.01. The maximum Gasteiger partial charge on any atom is 0.293 e. The highest BCUT2D eigenvalue weighted by atomic mass is 32.2. The summed E-state index contributed by atoms with van der Waals surface area (Å²) in [4.78, 5) is 23.8. The van der Waals surface area contributed by atoms with Crippen molar-refractivity contribution in [1.29, 1.82) is 0 Å². The van der Waals surface area contributed by atoms with Gasteiger partial charge in [0.15, 0.2) is 0 Å². The maximum atomic E-state index is 13.8. The number of morpholine rings is 1. The number of hydrogen-bond acceptors (Lipinski definition) is 10. The Morgan fingerprint density at radius 3 is 2.38 bits per heavy atom. The van der Waals surface area contributed by atoms with Crippen molar-refractivity contribution in [3.8, 4) is 0 Å². The molecule has 5 rings (SSSR count). The lowest BCUT2D eigenvalue weighted by molar-refractivity contribution is -0.385. The predicted octanol–water partition coefficient (Wildman–Crippen LogP) is 3.98. The molecule has 40 heavy (non-hydrogen) atoms. The fourth-order valence-corrected chi connectivity index (χ4v) is 7.92. The number of rotatable bonds is 8. The highest BCUT2D eigenvalue weighted by molar-refractivity contribution is 7.89. The largest absolute Gasteiger partial charge is 0.378 e. The minimum absolute atomic E-state index is 0.0162. The van der Waals surface area contributed by atoms with Crippen molar-refractivity contribution in [3.05, 3.63) is 62.2 Å². The average Bonchev–Trinajstić information content (AvgIpc) is 3.38. The zero-order chi connectivity index (χ0) is 28.9. The number of non-ortho nitro benzene ring substituents is 1. The van der Waals surface area contributed by atoms with Crippen LogP contribution in [-0.2, 0) is 14.8 Å². The van der Waals surface area contributed by atoms with Gasteiger partial charge in [-0.2, -0.15) is 9.41 Å². The van der Waals surface area contributed by atoms with E-state index in [-0.39, 0.29) is 38.8 Å². The molecule has 1 saturated carbocycles. The van der Waals surface area contributed by atoms with Gasteiger partial charge in [0.2, 0.25) is 10.0 Å². The molecule has 13 nitrogen and oxygen atoms in total. The first-order valence-electron chi connectivity index (χ1n) is 13.0. The number of ether oxygens (including phenoxy) is 1. The van der Waals surface area contributed by atoms with Crippen LogP contribution in [0.4, 0.5) is 22.7 Å². The number of nitrogens with one attached hydrogen (secondary N) is 1. The highest BCUT2D eigenvalue weighted by Gasteiger charge is 2.60. The minimum Gasteiger partial charge on any atom is -0.378 e. The lowest BCUT2D eigenvalue weighted by Gasteiger charge is -2.42. The van der Waals surface area contributed by atoms with E-state index in [1.54, 1.807) is 12.1 Å². The molecule has 2 aromatic rings. The van der Waals surface area contributed by atoms with Crippen molar-refractivity contribution in [2.24, 2.45) is 15.9 Å². The van der Waals surface area contributed by atoms with Gasteiger partial charge < -0.3 is 9.64 Å². The van der Waals surface area contributed by atoms with E-state index < -0.39 is 19.9 Å². The van der Waals surface area contributed by atoms with E-state index in [1.807, 2.05) is 4.90 Å². The third kappa shape index (κ3) is 4.90. The number of piperidine rings is 1. The van der Waals surface area contributed by atoms with Gasteiger partial charge >= 0.3 is 0 Å². The van der Waals surface area contributed by atoms with Crippen LogP contribution in [0, 0.1) is 31.1 Å². The summed E-state index contributed by atoms with van der Waals surface area (Å²) in [5.74, 6) is 0. The van der Waals surface area contributed by atoms with E-state index in [2.05, 4.69) is 31.3 Å². The summed E-state index contributed by atoms with van der Waals surface area (Å²) in [6, 6.07) is 8.11. The van der Waals surface area contributed by atoms with Crippen LogP contribution in [0.25, 0.3) is 0 Å². The smallest absolute Gasteiger partial charge is 0.293 e. The van der Waals surface area contributed by atoms with Gasteiger partial charge in [0.1, 0.15) is 10.6 Å². The van der Waals surface area contributed by atoms with Crippen LogP contribution in [0.2, 0.25) is 0 Å². The number of hydrazone groups is 1. The third-order valence-electron chi connectivity index (χ3n) is 8.69. The second-order valence-electron chi connectivity index (χ2n) is 11.5. The number of benzene rings is 2. The average molecular weight is 573 g/mol. The van der Waals surface area contributed by atoms with Gasteiger partial charge in [0.25, 0.3) is 11.4 Å². The van der Waals surface area contributed by atoms with Crippen LogP contribution in [0.15, 0.2) is 46.4 Å². The number of nitrogens with zero attached hydrogens (tertiary/aromatic N) is 5. The second-order valence-corrected chi connectivity index (χ2v) is 13.3. The normalized spacial score (nSPS) is 24.5. The van der Waals surface area contributed by atoms with Crippen molar-refractivity contribution in [2.45, 2.75) is 44.6 Å². The van der Waals surface area contributed by atoms with Crippen molar-refractivity contribution >= 4 is 39.0 Å². The van der Waals surface area contributed by atoms with Crippen molar-refractivity contribution in [2.75, 3.05) is 43.2 Å². The molecule has 3 aliphatic rings. The number of hydrogen-bond donors (Lipinski definition) is 1. The standard InChI is InChI=1S/C26H32N6O7S/c1-25(2)14-20-15-26(25,3)17-30(20)40(37,38)24-13-19(31(33)34)5-6-21(24)28-27-16-18-4-7-22(23(12-18)32(35)36)29-8-10-39-11-9-29/h4-7,12-13,16,20,28H,8-11,14-15,17H2,1-3H3/b27-16-/t20-,26-/m0/s1. The molecule has 2 atom stereocenters. The Morgan fingerprint density at radius 1 is 1.05 bits per heavy atom. The summed E-state index contributed by atoms with van der Waals surface area (Å²) in [7, 11) is -4.09. The third-order valence-corrected chi connectivity index (χ3v) is 10.6. The van der Waals surface area contributed by atoms with Crippen LogP contribution in [0.5, 0.6) is 0 Å². The molecule has 0 unspecified atom stereocenters. The SMILES string of the molecule is CC1(C)C[C@H]2C[C@@]1(C)CN2S(=O)(=O)c1cc([N+](=O)[O-])ccc1N/N=C\c1ccc(N2CCOCC2)c([N+](=O)[O-])c1. The van der Waals surface area contributed by atoms with Gasteiger partial charge in [-0.05, 0) is 35.8 Å². The van der Waals surface area contributed by atoms with Crippen LogP contribution in [-0.4, -0.2) is 67.7 Å². The molecular weight excluding hydrogens is 540 g/mol. The predicted molar refractivity (Wildman–Crippen MR) is 149 cm³/mol. The van der Waals surface area contributed by atoms with Gasteiger partial charge in [-0.1, -0.05) is 26.8 Å². The molecular formula is C26H32N6O7S. The minimum atomic E-state index is -4.09. The Bertz CT molecular complexity index is 1490. The molecule has 2 aliphatic heterocycles. The lowest BCUT2D eigenvalue weighted by Crippen LogP contribution is -2.46. The second kappa shape index (κ2) is 10.1. The van der Waals surface area contributed by atoms with Gasteiger partial charge in [0, 0.05) is 49.4 Å². The maximum absolute atomic E-state index is 13.8. The zero-order valence-corrected chi connectivity index (χ0v) is 23.4. The number of fused-ring (bicyclic) bond motifs is 2. The molecule has 0 aromatic heterocycles. The Balaban J connectivity index is 1.42. The Morgan fingerprint density at radius 2 is 1.77 bits per heavy atom. The molecule has 2 bridgehead atoms. The molecule has 1 N–H and O–H groups in total.